The molecular formula is C19H21N5O3. The fourth-order valence-corrected chi connectivity index (χ4v) is 2.71. The maximum atomic E-state index is 12.7. The number of hydrazine groups is 1. The third-order valence-electron chi connectivity index (χ3n) is 4.05. The Labute approximate surface area is 156 Å². The quantitative estimate of drug-likeness (QED) is 0.578. The number of anilines is 1. The average molecular weight is 367 g/mol. The van der Waals surface area contributed by atoms with Gasteiger partial charge in [0.2, 0.25) is 5.91 Å². The summed E-state index contributed by atoms with van der Waals surface area (Å²) >= 11 is 0. The Morgan fingerprint density at radius 1 is 1.19 bits per heavy atom. The topological polar surface area (TPSA) is 109 Å². The first-order valence-corrected chi connectivity index (χ1v) is 8.64. The first-order chi connectivity index (χ1) is 13.0. The number of hydrogen-bond donors (Lipinski definition) is 3. The van der Waals surface area contributed by atoms with E-state index < -0.39 is 6.04 Å². The van der Waals surface area contributed by atoms with Crippen molar-refractivity contribution in [1.29, 1.82) is 0 Å². The van der Waals surface area contributed by atoms with Crippen molar-refractivity contribution >= 4 is 28.5 Å². The van der Waals surface area contributed by atoms with Gasteiger partial charge in [0.1, 0.15) is 11.8 Å². The smallest absolute Gasteiger partial charge is 0.266 e. The van der Waals surface area contributed by atoms with Crippen LogP contribution < -0.4 is 16.2 Å². The molecule has 2 heterocycles. The van der Waals surface area contributed by atoms with Crippen molar-refractivity contribution < 1.29 is 14.1 Å². The summed E-state index contributed by atoms with van der Waals surface area (Å²) in [5.41, 5.74) is 7.39. The Bertz CT molecular complexity index is 982. The molecule has 0 saturated carbocycles. The van der Waals surface area contributed by atoms with Crippen molar-refractivity contribution in [2.24, 2.45) is 0 Å². The predicted molar refractivity (Wildman–Crippen MR) is 101 cm³/mol. The summed E-state index contributed by atoms with van der Waals surface area (Å²) in [7, 11) is 0. The van der Waals surface area contributed by atoms with E-state index in [9.17, 15) is 9.59 Å². The standard InChI is InChI=1S/C19H21N5O3/c1-4-15(19(26)21-17-10-12(3)27-24-17)22-23-18(25)14-9-11(2)20-16-8-6-5-7-13(14)16/h5-10,15,22H,4H2,1-3H3,(H,23,25)(H,21,24,26). The van der Waals surface area contributed by atoms with Crippen LogP contribution in [0.5, 0.6) is 0 Å². The number of carbonyl (C=O) groups excluding carboxylic acids is 2. The zero-order valence-electron chi connectivity index (χ0n) is 15.4. The zero-order valence-corrected chi connectivity index (χ0v) is 15.4. The molecule has 0 radical (unpaired) electrons. The number of nitrogens with zero attached hydrogens (tertiary/aromatic N) is 2. The van der Waals surface area contributed by atoms with Gasteiger partial charge in [-0.2, -0.15) is 0 Å². The number of para-hydroxylation sites is 1. The van der Waals surface area contributed by atoms with E-state index >= 15 is 0 Å². The number of benzene rings is 1. The van der Waals surface area contributed by atoms with Crippen molar-refractivity contribution in [2.75, 3.05) is 5.32 Å². The molecule has 8 nitrogen and oxygen atoms in total. The van der Waals surface area contributed by atoms with E-state index in [0.29, 0.717) is 23.6 Å². The van der Waals surface area contributed by atoms with Crippen LogP contribution in [-0.2, 0) is 4.79 Å². The molecule has 3 rings (SSSR count). The minimum Gasteiger partial charge on any atom is -0.360 e. The molecule has 0 fully saturated rings. The van der Waals surface area contributed by atoms with E-state index in [1.807, 2.05) is 38.1 Å². The lowest BCUT2D eigenvalue weighted by Crippen LogP contribution is -2.49. The minimum atomic E-state index is -0.625. The molecule has 0 bridgehead atoms. The fourth-order valence-electron chi connectivity index (χ4n) is 2.71. The summed E-state index contributed by atoms with van der Waals surface area (Å²) < 4.78 is 4.93. The third-order valence-corrected chi connectivity index (χ3v) is 4.05. The zero-order chi connectivity index (χ0) is 19.4. The van der Waals surface area contributed by atoms with Crippen LogP contribution in [0.15, 0.2) is 40.9 Å². The first kappa shape index (κ1) is 18.5. The molecule has 1 unspecified atom stereocenters. The molecule has 140 valence electrons. The van der Waals surface area contributed by atoms with E-state index in [-0.39, 0.29) is 11.8 Å². The van der Waals surface area contributed by atoms with Crippen LogP contribution in [0.2, 0.25) is 0 Å². The molecule has 0 aliphatic heterocycles. The van der Waals surface area contributed by atoms with Crippen LogP contribution in [-0.4, -0.2) is 28.0 Å². The highest BCUT2D eigenvalue weighted by Gasteiger charge is 2.19. The van der Waals surface area contributed by atoms with Crippen molar-refractivity contribution in [3.05, 3.63) is 53.4 Å². The van der Waals surface area contributed by atoms with E-state index in [1.165, 1.54) is 0 Å². The Morgan fingerprint density at radius 3 is 2.67 bits per heavy atom. The predicted octanol–water partition coefficient (Wildman–Crippen LogP) is 2.49. The number of aryl methyl sites for hydroxylation is 2. The lowest BCUT2D eigenvalue weighted by molar-refractivity contribution is -0.118. The lowest BCUT2D eigenvalue weighted by Gasteiger charge is -2.17. The molecule has 1 atom stereocenters. The molecule has 0 aliphatic rings. The number of pyridine rings is 1. The second-order valence-electron chi connectivity index (χ2n) is 6.20. The van der Waals surface area contributed by atoms with Crippen molar-refractivity contribution in [1.82, 2.24) is 21.0 Å². The number of fused-ring (bicyclic) bond motifs is 1. The van der Waals surface area contributed by atoms with Crippen molar-refractivity contribution in [2.45, 2.75) is 33.2 Å². The first-order valence-electron chi connectivity index (χ1n) is 8.64. The van der Waals surface area contributed by atoms with E-state index in [1.54, 1.807) is 19.1 Å². The van der Waals surface area contributed by atoms with Gasteiger partial charge in [-0.05, 0) is 32.4 Å². The Balaban J connectivity index is 1.69. The van der Waals surface area contributed by atoms with Crippen LogP contribution in [0.1, 0.15) is 35.2 Å². The fraction of sp³-hybridized carbons (Fsp3) is 0.263. The van der Waals surface area contributed by atoms with Gasteiger partial charge in [0.05, 0.1) is 11.1 Å². The summed E-state index contributed by atoms with van der Waals surface area (Å²) in [6.45, 7) is 5.40. The number of aromatic nitrogens is 2. The maximum Gasteiger partial charge on any atom is 0.266 e. The lowest BCUT2D eigenvalue weighted by atomic mass is 10.1. The van der Waals surface area contributed by atoms with Crippen molar-refractivity contribution in [3.8, 4) is 0 Å². The molecule has 2 amide bonds. The van der Waals surface area contributed by atoms with Gasteiger partial charge < -0.3 is 9.84 Å². The Kier molecular flexibility index (Phi) is 5.46. The van der Waals surface area contributed by atoms with Gasteiger partial charge in [-0.15, -0.1) is 0 Å². The number of hydrogen-bond acceptors (Lipinski definition) is 6. The largest absolute Gasteiger partial charge is 0.360 e. The monoisotopic (exact) mass is 367 g/mol. The van der Waals surface area contributed by atoms with E-state index in [2.05, 4.69) is 26.3 Å². The van der Waals surface area contributed by atoms with Gasteiger partial charge in [0.15, 0.2) is 5.82 Å². The molecule has 0 spiro atoms. The summed E-state index contributed by atoms with van der Waals surface area (Å²) in [5.74, 6) is 0.279. The second kappa shape index (κ2) is 7.96. The van der Waals surface area contributed by atoms with E-state index in [4.69, 9.17) is 4.52 Å². The third kappa shape index (κ3) is 4.29. The molecular weight excluding hydrogens is 346 g/mol. The normalized spacial score (nSPS) is 12.0. The minimum absolute atomic E-state index is 0.318. The van der Waals surface area contributed by atoms with Gasteiger partial charge in [-0.3, -0.25) is 20.0 Å². The van der Waals surface area contributed by atoms with Gasteiger partial charge in [-0.1, -0.05) is 30.3 Å². The molecule has 0 saturated heterocycles. The van der Waals surface area contributed by atoms with Crippen LogP contribution in [0.3, 0.4) is 0 Å². The van der Waals surface area contributed by atoms with Gasteiger partial charge in [0.25, 0.3) is 5.91 Å². The highest BCUT2D eigenvalue weighted by molar-refractivity contribution is 6.06. The molecule has 3 N–H and O–H groups in total. The SMILES string of the molecule is CCC(NNC(=O)c1cc(C)nc2ccccc12)C(=O)Nc1cc(C)on1. The maximum absolute atomic E-state index is 12.7. The number of nitrogens with one attached hydrogen (secondary N) is 3. The van der Waals surface area contributed by atoms with Crippen LogP contribution in [0.4, 0.5) is 5.82 Å². The number of amides is 2. The molecule has 2 aromatic heterocycles. The second-order valence-corrected chi connectivity index (χ2v) is 6.20. The Hall–Kier alpha value is -3.26. The van der Waals surface area contributed by atoms with Crippen LogP contribution in [0.25, 0.3) is 10.9 Å². The van der Waals surface area contributed by atoms with Crippen molar-refractivity contribution in [3.63, 3.8) is 0 Å². The molecule has 8 heteroatoms. The summed E-state index contributed by atoms with van der Waals surface area (Å²) in [4.78, 5) is 29.4. The molecule has 27 heavy (non-hydrogen) atoms. The summed E-state index contributed by atoms with van der Waals surface area (Å²) in [5, 5.41) is 7.13. The molecule has 0 aliphatic carbocycles. The summed E-state index contributed by atoms with van der Waals surface area (Å²) in [6, 6.07) is 10.1. The highest BCUT2D eigenvalue weighted by atomic mass is 16.5. The van der Waals surface area contributed by atoms with Crippen LogP contribution in [0, 0.1) is 13.8 Å². The molecule has 1 aromatic carbocycles. The average Bonchev–Trinajstić information content (AvgIpc) is 3.05. The van der Waals surface area contributed by atoms with Gasteiger partial charge >= 0.3 is 0 Å². The Morgan fingerprint density at radius 2 is 1.96 bits per heavy atom. The summed E-state index contributed by atoms with van der Waals surface area (Å²) in [6.07, 6.45) is 0.471. The van der Waals surface area contributed by atoms with Gasteiger partial charge in [0, 0.05) is 17.1 Å². The van der Waals surface area contributed by atoms with Crippen LogP contribution >= 0.6 is 0 Å². The molecule has 3 aromatic rings. The highest BCUT2D eigenvalue weighted by Crippen LogP contribution is 2.18. The van der Waals surface area contributed by atoms with Gasteiger partial charge in [-0.25, -0.2) is 5.43 Å². The number of rotatable bonds is 6. The van der Waals surface area contributed by atoms with E-state index in [0.717, 1.165) is 16.6 Å². The number of carbonyl (C=O) groups is 2.